The SMILES string of the molecule is COc1ccc(-n2nnc(C(=O)NCCC(=O)O)c2C)cc1. The Balaban J connectivity index is 2.14. The van der Waals surface area contributed by atoms with Gasteiger partial charge in [0.2, 0.25) is 0 Å². The molecule has 0 aliphatic carbocycles. The summed E-state index contributed by atoms with van der Waals surface area (Å²) in [5.41, 5.74) is 1.48. The number of benzene rings is 1. The first kappa shape index (κ1) is 15.5. The second-order valence-electron chi connectivity index (χ2n) is 4.53. The van der Waals surface area contributed by atoms with Crippen LogP contribution in [0.1, 0.15) is 22.6 Å². The fourth-order valence-corrected chi connectivity index (χ4v) is 1.87. The van der Waals surface area contributed by atoms with Gasteiger partial charge in [0.05, 0.1) is 24.9 Å². The van der Waals surface area contributed by atoms with Crippen LogP contribution in [0.4, 0.5) is 0 Å². The minimum Gasteiger partial charge on any atom is -0.497 e. The topological polar surface area (TPSA) is 106 Å². The molecule has 0 aliphatic heterocycles. The molecule has 0 bridgehead atoms. The van der Waals surface area contributed by atoms with E-state index in [0.717, 1.165) is 5.69 Å². The standard InChI is InChI=1S/C14H16N4O4/c1-9-13(14(21)15-8-7-12(19)20)16-17-18(9)10-3-5-11(22-2)6-4-10/h3-6H,7-8H2,1-2H3,(H,15,21)(H,19,20). The zero-order valence-corrected chi connectivity index (χ0v) is 12.2. The van der Waals surface area contributed by atoms with Gasteiger partial charge in [-0.1, -0.05) is 5.21 Å². The van der Waals surface area contributed by atoms with E-state index in [2.05, 4.69) is 15.6 Å². The van der Waals surface area contributed by atoms with E-state index in [9.17, 15) is 9.59 Å². The van der Waals surface area contributed by atoms with Crippen molar-refractivity contribution in [2.24, 2.45) is 0 Å². The molecule has 0 atom stereocenters. The molecule has 1 aromatic heterocycles. The Morgan fingerprint density at radius 2 is 2.00 bits per heavy atom. The van der Waals surface area contributed by atoms with Crippen molar-refractivity contribution in [3.63, 3.8) is 0 Å². The summed E-state index contributed by atoms with van der Waals surface area (Å²) >= 11 is 0. The molecule has 8 nitrogen and oxygen atoms in total. The van der Waals surface area contributed by atoms with Crippen molar-refractivity contribution in [1.29, 1.82) is 0 Å². The van der Waals surface area contributed by atoms with Gasteiger partial charge in [-0.05, 0) is 31.2 Å². The number of aliphatic carboxylic acids is 1. The number of rotatable bonds is 6. The van der Waals surface area contributed by atoms with Crippen molar-refractivity contribution in [3.8, 4) is 11.4 Å². The molecule has 0 fully saturated rings. The lowest BCUT2D eigenvalue weighted by Crippen LogP contribution is -2.27. The first-order valence-corrected chi connectivity index (χ1v) is 6.59. The lowest BCUT2D eigenvalue weighted by atomic mass is 10.2. The maximum Gasteiger partial charge on any atom is 0.305 e. The lowest BCUT2D eigenvalue weighted by Gasteiger charge is -2.05. The van der Waals surface area contributed by atoms with Crippen LogP contribution in [0.5, 0.6) is 5.75 Å². The molecule has 116 valence electrons. The Bertz CT molecular complexity index is 679. The van der Waals surface area contributed by atoms with Gasteiger partial charge in [-0.15, -0.1) is 5.10 Å². The molecule has 1 amide bonds. The lowest BCUT2D eigenvalue weighted by molar-refractivity contribution is -0.136. The largest absolute Gasteiger partial charge is 0.497 e. The highest BCUT2D eigenvalue weighted by molar-refractivity contribution is 5.93. The van der Waals surface area contributed by atoms with Crippen molar-refractivity contribution in [2.45, 2.75) is 13.3 Å². The number of nitrogens with zero attached hydrogens (tertiary/aromatic N) is 3. The molecule has 22 heavy (non-hydrogen) atoms. The van der Waals surface area contributed by atoms with E-state index < -0.39 is 11.9 Å². The molecule has 1 aromatic carbocycles. The molecule has 0 aliphatic rings. The number of ether oxygens (including phenoxy) is 1. The van der Waals surface area contributed by atoms with E-state index in [-0.39, 0.29) is 18.7 Å². The molecule has 2 N–H and O–H groups in total. The Morgan fingerprint density at radius 3 is 2.59 bits per heavy atom. The summed E-state index contributed by atoms with van der Waals surface area (Å²) in [6, 6.07) is 7.16. The van der Waals surface area contributed by atoms with E-state index >= 15 is 0 Å². The molecule has 1 heterocycles. The Kier molecular flexibility index (Phi) is 4.72. The number of carboxylic acid groups (broad SMARTS) is 1. The highest BCUT2D eigenvalue weighted by atomic mass is 16.5. The number of aromatic nitrogens is 3. The van der Waals surface area contributed by atoms with Crippen molar-refractivity contribution >= 4 is 11.9 Å². The molecule has 8 heteroatoms. The monoisotopic (exact) mass is 304 g/mol. The number of carbonyl (C=O) groups excluding carboxylic acids is 1. The summed E-state index contributed by atoms with van der Waals surface area (Å²) in [7, 11) is 1.58. The third-order valence-corrected chi connectivity index (χ3v) is 3.05. The number of nitrogens with one attached hydrogen (secondary N) is 1. The zero-order chi connectivity index (χ0) is 16.1. The Morgan fingerprint density at radius 1 is 1.32 bits per heavy atom. The summed E-state index contributed by atoms with van der Waals surface area (Å²) < 4.78 is 6.62. The summed E-state index contributed by atoms with van der Waals surface area (Å²) in [6.45, 7) is 1.76. The van der Waals surface area contributed by atoms with Gasteiger partial charge in [-0.2, -0.15) is 0 Å². The molecule has 2 rings (SSSR count). The van der Waals surface area contributed by atoms with Crippen LogP contribution in [0.15, 0.2) is 24.3 Å². The number of methoxy groups -OCH3 is 1. The molecule has 0 radical (unpaired) electrons. The molecular formula is C14H16N4O4. The third kappa shape index (κ3) is 3.40. The van der Waals surface area contributed by atoms with Crippen LogP contribution in [-0.2, 0) is 4.79 Å². The van der Waals surface area contributed by atoms with E-state index in [1.54, 1.807) is 38.3 Å². The maximum atomic E-state index is 12.0. The number of carboxylic acids is 1. The second-order valence-corrected chi connectivity index (χ2v) is 4.53. The van der Waals surface area contributed by atoms with Gasteiger partial charge in [0, 0.05) is 6.54 Å². The van der Waals surface area contributed by atoms with Crippen LogP contribution in [0.2, 0.25) is 0 Å². The van der Waals surface area contributed by atoms with Crippen molar-refractivity contribution in [1.82, 2.24) is 20.3 Å². The van der Waals surface area contributed by atoms with Crippen LogP contribution >= 0.6 is 0 Å². The van der Waals surface area contributed by atoms with Crippen LogP contribution in [0.3, 0.4) is 0 Å². The fourth-order valence-electron chi connectivity index (χ4n) is 1.87. The molecule has 0 spiro atoms. The predicted octanol–water partition coefficient (Wildman–Crippen LogP) is 0.789. The van der Waals surface area contributed by atoms with Crippen LogP contribution < -0.4 is 10.1 Å². The Labute approximate surface area is 126 Å². The van der Waals surface area contributed by atoms with Gasteiger partial charge in [0.15, 0.2) is 5.69 Å². The molecule has 0 saturated heterocycles. The Hall–Kier alpha value is -2.90. The first-order valence-electron chi connectivity index (χ1n) is 6.59. The van der Waals surface area contributed by atoms with Gasteiger partial charge in [-0.3, -0.25) is 9.59 Å². The summed E-state index contributed by atoms with van der Waals surface area (Å²) in [5, 5.41) is 18.9. The van der Waals surface area contributed by atoms with Crippen molar-refractivity contribution in [2.75, 3.05) is 13.7 Å². The summed E-state index contributed by atoms with van der Waals surface area (Å²) in [4.78, 5) is 22.4. The minimum absolute atomic E-state index is 0.0446. The van der Waals surface area contributed by atoms with Gasteiger partial charge in [0.25, 0.3) is 5.91 Å². The maximum absolute atomic E-state index is 12.0. The molecular weight excluding hydrogens is 288 g/mol. The first-order chi connectivity index (χ1) is 10.5. The molecule has 0 unspecified atom stereocenters. The highest BCUT2D eigenvalue weighted by Gasteiger charge is 2.17. The average Bonchev–Trinajstić information content (AvgIpc) is 2.88. The minimum atomic E-state index is -0.973. The van der Waals surface area contributed by atoms with Gasteiger partial charge in [0.1, 0.15) is 5.75 Å². The highest BCUT2D eigenvalue weighted by Crippen LogP contribution is 2.16. The zero-order valence-electron chi connectivity index (χ0n) is 12.2. The second kappa shape index (κ2) is 6.70. The summed E-state index contributed by atoms with van der Waals surface area (Å²) in [6.07, 6.45) is -0.141. The van der Waals surface area contributed by atoms with Gasteiger partial charge < -0.3 is 15.2 Å². The van der Waals surface area contributed by atoms with E-state index in [1.165, 1.54) is 4.68 Å². The van der Waals surface area contributed by atoms with E-state index in [0.29, 0.717) is 11.4 Å². The normalized spacial score (nSPS) is 10.3. The van der Waals surface area contributed by atoms with Crippen molar-refractivity contribution in [3.05, 3.63) is 35.7 Å². The fraction of sp³-hybridized carbons (Fsp3) is 0.286. The molecule has 2 aromatic rings. The van der Waals surface area contributed by atoms with Crippen LogP contribution in [0.25, 0.3) is 5.69 Å². The van der Waals surface area contributed by atoms with Gasteiger partial charge in [-0.25, -0.2) is 4.68 Å². The van der Waals surface area contributed by atoms with E-state index in [4.69, 9.17) is 9.84 Å². The number of amides is 1. The predicted molar refractivity (Wildman–Crippen MR) is 77.2 cm³/mol. The quantitative estimate of drug-likeness (QED) is 0.817. The third-order valence-electron chi connectivity index (χ3n) is 3.05. The van der Waals surface area contributed by atoms with Crippen LogP contribution in [-0.4, -0.2) is 45.6 Å². The molecule has 0 saturated carbocycles. The van der Waals surface area contributed by atoms with Crippen LogP contribution in [0, 0.1) is 6.92 Å². The number of hydrogen-bond acceptors (Lipinski definition) is 5. The average molecular weight is 304 g/mol. The van der Waals surface area contributed by atoms with E-state index in [1.807, 2.05) is 0 Å². The van der Waals surface area contributed by atoms with Crippen molar-refractivity contribution < 1.29 is 19.4 Å². The number of hydrogen-bond donors (Lipinski definition) is 2. The smallest absolute Gasteiger partial charge is 0.305 e. The summed E-state index contributed by atoms with van der Waals surface area (Å²) in [5.74, 6) is -0.703. The van der Waals surface area contributed by atoms with Gasteiger partial charge >= 0.3 is 5.97 Å². The number of carbonyl (C=O) groups is 2.